The summed E-state index contributed by atoms with van der Waals surface area (Å²) in [5.41, 5.74) is 0.517. The molecule has 0 saturated carbocycles. The van der Waals surface area contributed by atoms with Crippen molar-refractivity contribution in [2.24, 2.45) is 0 Å². The summed E-state index contributed by atoms with van der Waals surface area (Å²) in [7, 11) is 4.50. The molecule has 18 heavy (non-hydrogen) atoms. The molecule has 0 radical (unpaired) electrons. The summed E-state index contributed by atoms with van der Waals surface area (Å²) in [4.78, 5) is 11.4. The Morgan fingerprint density at radius 3 is 2.11 bits per heavy atom. The second kappa shape index (κ2) is 6.70. The molecule has 6 heteroatoms. The molecule has 1 aromatic carbocycles. The normalized spacial score (nSPS) is 9.78. The third kappa shape index (κ3) is 3.27. The molecule has 0 unspecified atom stereocenters. The topological polar surface area (TPSA) is 77.0 Å². The molecule has 0 spiro atoms. The third-order valence-corrected chi connectivity index (χ3v) is 2.29. The second-order valence-corrected chi connectivity index (χ2v) is 3.44. The Kier molecular flexibility index (Phi) is 5.26. The van der Waals surface area contributed by atoms with Gasteiger partial charge in [0.15, 0.2) is 11.5 Å². The molecule has 1 amide bonds. The van der Waals surface area contributed by atoms with Crippen LogP contribution in [-0.2, 0) is 4.79 Å². The Balaban J connectivity index is 3.03. The van der Waals surface area contributed by atoms with Gasteiger partial charge in [0.05, 0.1) is 34.4 Å². The Hall–Kier alpha value is -1.95. The van der Waals surface area contributed by atoms with Gasteiger partial charge in [0.25, 0.3) is 0 Å². The zero-order valence-electron chi connectivity index (χ0n) is 10.6. The quantitative estimate of drug-likeness (QED) is 0.794. The van der Waals surface area contributed by atoms with E-state index in [-0.39, 0.29) is 18.9 Å². The van der Waals surface area contributed by atoms with Crippen LogP contribution in [0.5, 0.6) is 17.2 Å². The van der Waals surface area contributed by atoms with E-state index in [4.69, 9.17) is 19.3 Å². The van der Waals surface area contributed by atoms with Crippen molar-refractivity contribution in [2.45, 2.75) is 6.42 Å². The van der Waals surface area contributed by atoms with E-state index < -0.39 is 0 Å². The molecule has 0 saturated heterocycles. The molecule has 0 fully saturated rings. The highest BCUT2D eigenvalue weighted by Gasteiger charge is 2.14. The Bertz CT molecular complexity index is 394. The van der Waals surface area contributed by atoms with Crippen LogP contribution in [0.25, 0.3) is 0 Å². The smallest absolute Gasteiger partial charge is 0.226 e. The molecule has 1 rings (SSSR count). The van der Waals surface area contributed by atoms with Crippen molar-refractivity contribution in [3.05, 3.63) is 12.1 Å². The Morgan fingerprint density at radius 2 is 1.72 bits per heavy atom. The zero-order chi connectivity index (χ0) is 13.5. The largest absolute Gasteiger partial charge is 0.493 e. The van der Waals surface area contributed by atoms with Crippen LogP contribution in [-0.4, -0.2) is 38.9 Å². The van der Waals surface area contributed by atoms with Gasteiger partial charge in [-0.15, -0.1) is 0 Å². The molecule has 0 aliphatic rings. The monoisotopic (exact) mass is 255 g/mol. The molecule has 6 nitrogen and oxygen atoms in total. The number of rotatable bonds is 6. The van der Waals surface area contributed by atoms with Crippen molar-refractivity contribution < 1.29 is 24.1 Å². The van der Waals surface area contributed by atoms with E-state index in [0.717, 1.165) is 0 Å². The number of ether oxygens (including phenoxy) is 3. The van der Waals surface area contributed by atoms with Crippen molar-refractivity contribution in [3.8, 4) is 17.2 Å². The Morgan fingerprint density at radius 1 is 1.17 bits per heavy atom. The summed E-state index contributed by atoms with van der Waals surface area (Å²) in [6, 6.07) is 3.24. The van der Waals surface area contributed by atoms with Crippen molar-refractivity contribution in [2.75, 3.05) is 33.3 Å². The number of amides is 1. The molecular weight excluding hydrogens is 238 g/mol. The zero-order valence-corrected chi connectivity index (χ0v) is 10.6. The number of nitrogens with one attached hydrogen (secondary N) is 1. The van der Waals surface area contributed by atoms with Gasteiger partial charge >= 0.3 is 0 Å². The van der Waals surface area contributed by atoms with Crippen LogP contribution in [0, 0.1) is 0 Å². The molecular formula is C12H17NO5. The minimum absolute atomic E-state index is 0.0384. The first kappa shape index (κ1) is 14.1. The fourth-order valence-electron chi connectivity index (χ4n) is 1.48. The van der Waals surface area contributed by atoms with Gasteiger partial charge in [0.2, 0.25) is 11.7 Å². The van der Waals surface area contributed by atoms with E-state index in [2.05, 4.69) is 5.32 Å². The van der Waals surface area contributed by atoms with Crippen LogP contribution in [0.1, 0.15) is 6.42 Å². The summed E-state index contributed by atoms with van der Waals surface area (Å²) >= 11 is 0. The average molecular weight is 255 g/mol. The lowest BCUT2D eigenvalue weighted by atomic mass is 10.2. The molecule has 100 valence electrons. The fraction of sp³-hybridized carbons (Fsp3) is 0.417. The maximum Gasteiger partial charge on any atom is 0.226 e. The van der Waals surface area contributed by atoms with Gasteiger partial charge in [0.1, 0.15) is 0 Å². The standard InChI is InChI=1S/C12H17NO5/c1-16-9-6-8(13-11(15)4-5-14)7-10(17-2)12(9)18-3/h6-7,14H,4-5H2,1-3H3,(H,13,15). The second-order valence-electron chi connectivity index (χ2n) is 3.44. The van der Waals surface area contributed by atoms with Crippen LogP contribution >= 0.6 is 0 Å². The highest BCUT2D eigenvalue weighted by atomic mass is 16.5. The minimum atomic E-state index is -0.285. The van der Waals surface area contributed by atoms with Crippen LogP contribution in [0.15, 0.2) is 12.1 Å². The fourth-order valence-corrected chi connectivity index (χ4v) is 1.48. The molecule has 2 N–H and O–H groups in total. The molecule has 0 aromatic heterocycles. The van der Waals surface area contributed by atoms with Gasteiger partial charge in [-0.2, -0.15) is 0 Å². The SMILES string of the molecule is COc1cc(NC(=O)CCO)cc(OC)c1OC. The van der Waals surface area contributed by atoms with Gasteiger partial charge in [-0.1, -0.05) is 0 Å². The van der Waals surface area contributed by atoms with Gasteiger partial charge in [0, 0.05) is 17.8 Å². The number of aliphatic hydroxyl groups excluding tert-OH is 1. The lowest BCUT2D eigenvalue weighted by Gasteiger charge is -2.14. The molecule has 0 aliphatic heterocycles. The van der Waals surface area contributed by atoms with Crippen LogP contribution < -0.4 is 19.5 Å². The maximum atomic E-state index is 11.4. The van der Waals surface area contributed by atoms with E-state index in [9.17, 15) is 4.79 Å². The number of carbonyl (C=O) groups is 1. The van der Waals surface area contributed by atoms with Crippen molar-refractivity contribution in [3.63, 3.8) is 0 Å². The number of aliphatic hydroxyl groups is 1. The predicted molar refractivity (Wildman–Crippen MR) is 66.4 cm³/mol. The molecule has 0 bridgehead atoms. The van der Waals surface area contributed by atoms with E-state index in [1.807, 2.05) is 0 Å². The first-order valence-corrected chi connectivity index (χ1v) is 5.37. The van der Waals surface area contributed by atoms with Gasteiger partial charge in [-0.05, 0) is 0 Å². The molecule has 0 atom stereocenters. The van der Waals surface area contributed by atoms with Gasteiger partial charge < -0.3 is 24.6 Å². The van der Waals surface area contributed by atoms with Crippen LogP contribution in [0.2, 0.25) is 0 Å². The molecule has 0 heterocycles. The number of anilines is 1. The van der Waals surface area contributed by atoms with E-state index in [1.54, 1.807) is 12.1 Å². The lowest BCUT2D eigenvalue weighted by Crippen LogP contribution is -2.13. The lowest BCUT2D eigenvalue weighted by molar-refractivity contribution is -0.116. The van der Waals surface area contributed by atoms with E-state index in [0.29, 0.717) is 22.9 Å². The number of benzene rings is 1. The summed E-state index contributed by atoms with van der Waals surface area (Å²) in [6.07, 6.45) is 0.0384. The van der Waals surface area contributed by atoms with Crippen molar-refractivity contribution >= 4 is 11.6 Å². The number of methoxy groups -OCH3 is 3. The van der Waals surface area contributed by atoms with Crippen molar-refractivity contribution in [1.82, 2.24) is 0 Å². The summed E-state index contributed by atoms with van der Waals surface area (Å²) < 4.78 is 15.5. The number of hydrogen-bond donors (Lipinski definition) is 2. The first-order valence-electron chi connectivity index (χ1n) is 5.37. The summed E-state index contributed by atoms with van der Waals surface area (Å²) in [5, 5.41) is 11.3. The van der Waals surface area contributed by atoms with Crippen molar-refractivity contribution in [1.29, 1.82) is 0 Å². The van der Waals surface area contributed by atoms with Crippen LogP contribution in [0.4, 0.5) is 5.69 Å². The van der Waals surface area contributed by atoms with E-state index >= 15 is 0 Å². The molecule has 0 aliphatic carbocycles. The molecule has 1 aromatic rings. The Labute approximate surface area is 105 Å². The average Bonchev–Trinajstić information content (AvgIpc) is 2.37. The summed E-state index contributed by atoms with van der Waals surface area (Å²) in [5.74, 6) is 1.08. The highest BCUT2D eigenvalue weighted by Crippen LogP contribution is 2.39. The van der Waals surface area contributed by atoms with E-state index in [1.165, 1.54) is 21.3 Å². The highest BCUT2D eigenvalue weighted by molar-refractivity contribution is 5.91. The van der Waals surface area contributed by atoms with Gasteiger partial charge in [-0.3, -0.25) is 4.79 Å². The number of carbonyl (C=O) groups excluding carboxylic acids is 1. The third-order valence-electron chi connectivity index (χ3n) is 2.29. The summed E-state index contributed by atoms with van der Waals surface area (Å²) in [6.45, 7) is -0.198. The number of hydrogen-bond acceptors (Lipinski definition) is 5. The van der Waals surface area contributed by atoms with Crippen LogP contribution in [0.3, 0.4) is 0 Å². The van der Waals surface area contributed by atoms with Gasteiger partial charge in [-0.25, -0.2) is 0 Å². The first-order chi connectivity index (χ1) is 8.65. The predicted octanol–water partition coefficient (Wildman–Crippen LogP) is 1.03. The minimum Gasteiger partial charge on any atom is -0.493 e. The maximum absolute atomic E-state index is 11.4.